The van der Waals surface area contributed by atoms with Crippen molar-refractivity contribution in [2.24, 2.45) is 0 Å². The van der Waals surface area contributed by atoms with Gasteiger partial charge in [0.25, 0.3) is 0 Å². The van der Waals surface area contributed by atoms with Gasteiger partial charge in [-0.1, -0.05) is 34.1 Å². The zero-order valence-electron chi connectivity index (χ0n) is 9.80. The third-order valence-corrected chi connectivity index (χ3v) is 3.03. The summed E-state index contributed by atoms with van der Waals surface area (Å²) in [6.07, 6.45) is 2.50. The second-order valence-electron chi connectivity index (χ2n) is 3.84. The van der Waals surface area contributed by atoms with Gasteiger partial charge in [-0.2, -0.15) is 0 Å². The lowest BCUT2D eigenvalue weighted by Gasteiger charge is -2.08. The molecule has 0 atom stereocenters. The van der Waals surface area contributed by atoms with Gasteiger partial charge in [-0.25, -0.2) is 9.48 Å². The minimum Gasteiger partial charge on any atom is -0.478 e. The molecule has 0 aliphatic rings. The Kier molecular flexibility index (Phi) is 3.76. The lowest BCUT2D eigenvalue weighted by atomic mass is 10.1. The molecular formula is C12H12BrN3O2. The fraction of sp³-hybridized carbons (Fsp3) is 0.250. The van der Waals surface area contributed by atoms with E-state index in [9.17, 15) is 9.90 Å². The van der Waals surface area contributed by atoms with Gasteiger partial charge in [0, 0.05) is 16.6 Å². The van der Waals surface area contributed by atoms with Crippen molar-refractivity contribution in [3.63, 3.8) is 0 Å². The molecule has 0 fully saturated rings. The summed E-state index contributed by atoms with van der Waals surface area (Å²) in [6.45, 7) is 2.75. The van der Waals surface area contributed by atoms with Gasteiger partial charge in [-0.05, 0) is 18.6 Å². The van der Waals surface area contributed by atoms with Gasteiger partial charge in [0.1, 0.15) is 0 Å². The Bertz CT molecular complexity index is 580. The van der Waals surface area contributed by atoms with E-state index in [1.54, 1.807) is 23.0 Å². The number of hydrogen-bond acceptors (Lipinski definition) is 3. The Morgan fingerprint density at radius 3 is 2.94 bits per heavy atom. The first-order chi connectivity index (χ1) is 8.63. The van der Waals surface area contributed by atoms with Crippen LogP contribution in [0.2, 0.25) is 0 Å². The highest BCUT2D eigenvalue weighted by atomic mass is 79.9. The Balaban J connectivity index is 2.56. The molecule has 0 amide bonds. The van der Waals surface area contributed by atoms with Crippen LogP contribution in [0.25, 0.3) is 11.3 Å². The Hall–Kier alpha value is -1.69. The third kappa shape index (κ3) is 2.43. The SMILES string of the molecule is CCCn1nncc1-c1ccc(Br)cc1C(=O)O. The van der Waals surface area contributed by atoms with Crippen molar-refractivity contribution in [2.45, 2.75) is 19.9 Å². The van der Waals surface area contributed by atoms with Crippen LogP contribution < -0.4 is 0 Å². The van der Waals surface area contributed by atoms with Crippen LogP contribution in [0.4, 0.5) is 0 Å². The maximum Gasteiger partial charge on any atom is 0.336 e. The molecule has 0 unspecified atom stereocenters. The molecule has 0 saturated heterocycles. The molecule has 5 nitrogen and oxygen atoms in total. The molecule has 2 rings (SSSR count). The van der Waals surface area contributed by atoms with Crippen molar-refractivity contribution in [3.05, 3.63) is 34.4 Å². The number of carbonyl (C=O) groups is 1. The number of aromatic carboxylic acids is 1. The summed E-state index contributed by atoms with van der Waals surface area (Å²) in [5, 5.41) is 17.1. The van der Waals surface area contributed by atoms with Crippen molar-refractivity contribution in [1.82, 2.24) is 15.0 Å². The van der Waals surface area contributed by atoms with E-state index in [1.165, 1.54) is 0 Å². The highest BCUT2D eigenvalue weighted by Gasteiger charge is 2.15. The molecule has 1 N–H and O–H groups in total. The fourth-order valence-corrected chi connectivity index (χ4v) is 2.12. The van der Waals surface area contributed by atoms with Gasteiger partial charge in [-0.3, -0.25) is 0 Å². The molecule has 94 valence electrons. The summed E-state index contributed by atoms with van der Waals surface area (Å²) in [4.78, 5) is 11.3. The van der Waals surface area contributed by atoms with Crippen molar-refractivity contribution >= 4 is 21.9 Å². The quantitative estimate of drug-likeness (QED) is 0.943. The molecule has 0 bridgehead atoms. The van der Waals surface area contributed by atoms with Gasteiger partial charge >= 0.3 is 5.97 Å². The van der Waals surface area contributed by atoms with Crippen LogP contribution in [0, 0.1) is 0 Å². The molecule has 1 heterocycles. The van der Waals surface area contributed by atoms with E-state index >= 15 is 0 Å². The van der Waals surface area contributed by atoms with Gasteiger partial charge in [0.15, 0.2) is 0 Å². The predicted octanol–water partition coefficient (Wildman–Crippen LogP) is 2.82. The van der Waals surface area contributed by atoms with Crippen LogP contribution in [0.3, 0.4) is 0 Å². The summed E-state index contributed by atoms with van der Waals surface area (Å²) >= 11 is 3.28. The number of hydrogen-bond donors (Lipinski definition) is 1. The van der Waals surface area contributed by atoms with Gasteiger partial charge in [0.2, 0.25) is 0 Å². The van der Waals surface area contributed by atoms with E-state index in [4.69, 9.17) is 0 Å². The highest BCUT2D eigenvalue weighted by molar-refractivity contribution is 9.10. The average Bonchev–Trinajstić information content (AvgIpc) is 2.77. The first kappa shape index (κ1) is 12.8. The predicted molar refractivity (Wildman–Crippen MR) is 70.4 cm³/mol. The lowest BCUT2D eigenvalue weighted by Crippen LogP contribution is -2.05. The first-order valence-electron chi connectivity index (χ1n) is 5.55. The molecular weight excluding hydrogens is 298 g/mol. The van der Waals surface area contributed by atoms with Crippen molar-refractivity contribution in [1.29, 1.82) is 0 Å². The highest BCUT2D eigenvalue weighted by Crippen LogP contribution is 2.26. The summed E-state index contributed by atoms with van der Waals surface area (Å²) in [6, 6.07) is 5.16. The van der Waals surface area contributed by atoms with Crippen molar-refractivity contribution in [2.75, 3.05) is 0 Å². The molecule has 0 aliphatic heterocycles. The zero-order valence-corrected chi connectivity index (χ0v) is 11.4. The number of aromatic nitrogens is 3. The molecule has 1 aromatic heterocycles. The van der Waals surface area contributed by atoms with E-state index in [-0.39, 0.29) is 5.56 Å². The molecule has 18 heavy (non-hydrogen) atoms. The third-order valence-electron chi connectivity index (χ3n) is 2.54. The van der Waals surface area contributed by atoms with E-state index in [1.807, 2.05) is 13.0 Å². The molecule has 0 spiro atoms. The summed E-state index contributed by atoms with van der Waals surface area (Å²) < 4.78 is 2.45. The van der Waals surface area contributed by atoms with Crippen LogP contribution in [0.15, 0.2) is 28.9 Å². The number of benzene rings is 1. The van der Waals surface area contributed by atoms with E-state index in [0.29, 0.717) is 12.1 Å². The monoisotopic (exact) mass is 309 g/mol. The van der Waals surface area contributed by atoms with E-state index < -0.39 is 5.97 Å². The molecule has 0 aliphatic carbocycles. The number of aryl methyl sites for hydroxylation is 1. The van der Waals surface area contributed by atoms with Crippen LogP contribution in [-0.2, 0) is 6.54 Å². The average molecular weight is 310 g/mol. The summed E-state index contributed by atoms with van der Waals surface area (Å²) in [7, 11) is 0. The van der Waals surface area contributed by atoms with Crippen LogP contribution in [0.5, 0.6) is 0 Å². The van der Waals surface area contributed by atoms with E-state index in [2.05, 4.69) is 26.2 Å². The number of nitrogens with zero attached hydrogens (tertiary/aromatic N) is 3. The van der Waals surface area contributed by atoms with Crippen molar-refractivity contribution < 1.29 is 9.90 Å². The lowest BCUT2D eigenvalue weighted by molar-refractivity contribution is 0.0697. The maximum atomic E-state index is 11.3. The first-order valence-corrected chi connectivity index (χ1v) is 6.34. The second-order valence-corrected chi connectivity index (χ2v) is 4.75. The molecule has 1 aromatic carbocycles. The molecule has 0 saturated carbocycles. The number of carboxylic acid groups (broad SMARTS) is 1. The minimum atomic E-state index is -0.962. The minimum absolute atomic E-state index is 0.240. The summed E-state index contributed by atoms with van der Waals surface area (Å²) in [5.74, 6) is -0.962. The second kappa shape index (κ2) is 5.30. The Morgan fingerprint density at radius 2 is 2.28 bits per heavy atom. The van der Waals surface area contributed by atoms with Gasteiger partial charge in [-0.15, -0.1) is 5.10 Å². The van der Waals surface area contributed by atoms with Crippen molar-refractivity contribution in [3.8, 4) is 11.3 Å². The maximum absolute atomic E-state index is 11.3. The topological polar surface area (TPSA) is 68.0 Å². The Morgan fingerprint density at radius 1 is 1.50 bits per heavy atom. The molecule has 0 radical (unpaired) electrons. The standard InChI is InChI=1S/C12H12BrN3O2/c1-2-5-16-11(7-14-15-16)9-4-3-8(13)6-10(9)12(17)18/h3-4,6-7H,2,5H2,1H3,(H,17,18). The zero-order chi connectivity index (χ0) is 13.1. The largest absolute Gasteiger partial charge is 0.478 e. The van der Waals surface area contributed by atoms with Gasteiger partial charge < -0.3 is 5.11 Å². The number of halogens is 1. The van der Waals surface area contributed by atoms with Crippen LogP contribution in [0.1, 0.15) is 23.7 Å². The number of carboxylic acids is 1. The normalized spacial score (nSPS) is 10.6. The smallest absolute Gasteiger partial charge is 0.336 e. The van der Waals surface area contributed by atoms with Crippen LogP contribution >= 0.6 is 15.9 Å². The van der Waals surface area contributed by atoms with E-state index in [0.717, 1.165) is 16.6 Å². The molecule has 6 heteroatoms. The van der Waals surface area contributed by atoms with Gasteiger partial charge in [0.05, 0.1) is 17.5 Å². The summed E-state index contributed by atoms with van der Waals surface area (Å²) in [5.41, 5.74) is 1.59. The fourth-order valence-electron chi connectivity index (χ4n) is 1.76. The molecule has 2 aromatic rings. The number of rotatable bonds is 4. The Labute approximate surface area is 113 Å². The van der Waals surface area contributed by atoms with Crippen LogP contribution in [-0.4, -0.2) is 26.1 Å².